The highest BCUT2D eigenvalue weighted by Gasteiger charge is 2.17. The average Bonchev–Trinajstić information content (AvgIpc) is 2.64. The lowest BCUT2D eigenvalue weighted by Gasteiger charge is -2.16. The van der Waals surface area contributed by atoms with Gasteiger partial charge in [-0.25, -0.2) is 4.79 Å². The maximum absolute atomic E-state index is 10.9. The lowest BCUT2D eigenvalue weighted by molar-refractivity contribution is -0.131. The van der Waals surface area contributed by atoms with E-state index >= 15 is 0 Å². The Kier molecular flexibility index (Phi) is 6.06. The Morgan fingerprint density at radius 1 is 0.960 bits per heavy atom. The third-order valence-corrected chi connectivity index (χ3v) is 3.95. The zero-order valence-electron chi connectivity index (χ0n) is 14.8. The van der Waals surface area contributed by atoms with Gasteiger partial charge in [0.25, 0.3) is 0 Å². The molecule has 0 bridgehead atoms. The summed E-state index contributed by atoms with van der Waals surface area (Å²) in [6, 6.07) is 11.4. The molecule has 0 saturated carbocycles. The smallest absolute Gasteiger partial charge is 0.328 e. The second-order valence-electron chi connectivity index (χ2n) is 5.32. The number of allylic oxidation sites excluding steroid dienone is 1. The number of aliphatic carboxylic acids is 1. The number of carboxylic acid groups (broad SMARTS) is 1. The SMILES string of the molecule is CC/C(=C\C(=O)O)c1ccc(-c2ccc(OC)c(OC)c2OC)cc1. The molecule has 0 amide bonds. The number of hydrogen-bond acceptors (Lipinski definition) is 4. The predicted octanol–water partition coefficient (Wildman–Crippen LogP) is 4.26. The summed E-state index contributed by atoms with van der Waals surface area (Å²) in [6.07, 6.45) is 1.89. The van der Waals surface area contributed by atoms with Gasteiger partial charge in [0.05, 0.1) is 21.3 Å². The molecule has 0 spiro atoms. The molecule has 0 heterocycles. The Morgan fingerprint density at radius 2 is 1.60 bits per heavy atom. The number of hydrogen-bond donors (Lipinski definition) is 1. The highest BCUT2D eigenvalue weighted by atomic mass is 16.5. The van der Waals surface area contributed by atoms with Crippen molar-refractivity contribution in [2.75, 3.05) is 21.3 Å². The van der Waals surface area contributed by atoms with Gasteiger partial charge in [0.1, 0.15) is 0 Å². The topological polar surface area (TPSA) is 65.0 Å². The van der Waals surface area contributed by atoms with Crippen molar-refractivity contribution >= 4 is 11.5 Å². The van der Waals surface area contributed by atoms with Gasteiger partial charge in [-0.2, -0.15) is 0 Å². The van der Waals surface area contributed by atoms with Crippen LogP contribution in [0.3, 0.4) is 0 Å². The highest BCUT2D eigenvalue weighted by Crippen LogP contribution is 2.44. The largest absolute Gasteiger partial charge is 0.493 e. The van der Waals surface area contributed by atoms with Gasteiger partial charge in [-0.05, 0) is 35.3 Å². The van der Waals surface area contributed by atoms with Crippen molar-refractivity contribution in [1.29, 1.82) is 0 Å². The molecule has 2 aromatic rings. The molecule has 0 atom stereocenters. The Balaban J connectivity index is 2.48. The number of benzene rings is 2. The van der Waals surface area contributed by atoms with Crippen LogP contribution < -0.4 is 14.2 Å². The molecule has 0 fully saturated rings. The summed E-state index contributed by atoms with van der Waals surface area (Å²) >= 11 is 0. The molecule has 0 saturated heterocycles. The van der Waals surface area contributed by atoms with Crippen molar-refractivity contribution in [2.45, 2.75) is 13.3 Å². The molecule has 0 aliphatic carbocycles. The second-order valence-corrected chi connectivity index (χ2v) is 5.32. The van der Waals surface area contributed by atoms with Gasteiger partial charge in [-0.3, -0.25) is 0 Å². The van der Waals surface area contributed by atoms with Gasteiger partial charge in [-0.1, -0.05) is 31.2 Å². The van der Waals surface area contributed by atoms with E-state index < -0.39 is 5.97 Å². The summed E-state index contributed by atoms with van der Waals surface area (Å²) in [6.45, 7) is 1.93. The van der Waals surface area contributed by atoms with Gasteiger partial charge >= 0.3 is 5.97 Å². The Morgan fingerprint density at radius 3 is 2.08 bits per heavy atom. The molecule has 0 aliphatic rings. The zero-order valence-corrected chi connectivity index (χ0v) is 14.8. The lowest BCUT2D eigenvalue weighted by atomic mass is 9.98. The second kappa shape index (κ2) is 8.24. The molecular formula is C20H22O5. The van der Waals surface area contributed by atoms with Gasteiger partial charge in [-0.15, -0.1) is 0 Å². The first-order chi connectivity index (χ1) is 12.0. The number of ether oxygens (including phenoxy) is 3. The minimum atomic E-state index is -0.942. The fraction of sp³-hybridized carbons (Fsp3) is 0.250. The van der Waals surface area contributed by atoms with Gasteiger partial charge in [0, 0.05) is 11.6 Å². The van der Waals surface area contributed by atoms with E-state index in [1.54, 1.807) is 21.3 Å². The maximum Gasteiger partial charge on any atom is 0.328 e. The van der Waals surface area contributed by atoms with Crippen molar-refractivity contribution in [1.82, 2.24) is 0 Å². The minimum Gasteiger partial charge on any atom is -0.493 e. The van der Waals surface area contributed by atoms with E-state index in [0.29, 0.717) is 23.7 Å². The summed E-state index contributed by atoms with van der Waals surface area (Å²) in [5.74, 6) is 0.776. The number of carboxylic acids is 1. The van der Waals surface area contributed by atoms with Crippen molar-refractivity contribution in [3.8, 4) is 28.4 Å². The molecule has 0 radical (unpaired) electrons. The van der Waals surface area contributed by atoms with Crippen molar-refractivity contribution in [3.63, 3.8) is 0 Å². The van der Waals surface area contributed by atoms with Crippen LogP contribution >= 0.6 is 0 Å². The number of methoxy groups -OCH3 is 3. The fourth-order valence-corrected chi connectivity index (χ4v) is 2.73. The quantitative estimate of drug-likeness (QED) is 0.762. The molecule has 0 aromatic heterocycles. The van der Waals surface area contributed by atoms with Crippen LogP contribution in [-0.2, 0) is 4.79 Å². The van der Waals surface area contributed by atoms with E-state index in [9.17, 15) is 4.79 Å². The maximum atomic E-state index is 10.9. The first-order valence-electron chi connectivity index (χ1n) is 7.88. The van der Waals surface area contributed by atoms with Crippen LogP contribution in [0.5, 0.6) is 17.2 Å². The van der Waals surface area contributed by atoms with Crippen LogP contribution in [0.2, 0.25) is 0 Å². The highest BCUT2D eigenvalue weighted by molar-refractivity contribution is 5.90. The summed E-state index contributed by atoms with van der Waals surface area (Å²) < 4.78 is 16.2. The van der Waals surface area contributed by atoms with E-state index in [1.807, 2.05) is 43.3 Å². The van der Waals surface area contributed by atoms with Crippen molar-refractivity contribution in [3.05, 3.63) is 48.0 Å². The Labute approximate surface area is 147 Å². The Bertz CT molecular complexity index is 775. The molecule has 25 heavy (non-hydrogen) atoms. The third kappa shape index (κ3) is 3.94. The van der Waals surface area contributed by atoms with Crippen LogP contribution in [0, 0.1) is 0 Å². The van der Waals surface area contributed by atoms with E-state index in [1.165, 1.54) is 6.08 Å². The van der Waals surface area contributed by atoms with E-state index in [-0.39, 0.29) is 0 Å². The van der Waals surface area contributed by atoms with Gasteiger partial charge < -0.3 is 19.3 Å². The molecule has 132 valence electrons. The van der Waals surface area contributed by atoms with Crippen LogP contribution in [0.4, 0.5) is 0 Å². The molecule has 0 unspecified atom stereocenters. The summed E-state index contributed by atoms with van der Waals surface area (Å²) in [7, 11) is 4.73. The monoisotopic (exact) mass is 342 g/mol. The predicted molar refractivity (Wildman–Crippen MR) is 97.4 cm³/mol. The third-order valence-electron chi connectivity index (χ3n) is 3.95. The first-order valence-corrected chi connectivity index (χ1v) is 7.88. The molecule has 5 heteroatoms. The molecule has 0 aliphatic heterocycles. The summed E-state index contributed by atoms with van der Waals surface area (Å²) in [5, 5.41) is 8.97. The lowest BCUT2D eigenvalue weighted by Crippen LogP contribution is -1.97. The molecule has 1 N–H and O–H groups in total. The molecule has 2 rings (SSSR count). The van der Waals surface area contributed by atoms with Crippen molar-refractivity contribution in [2.24, 2.45) is 0 Å². The van der Waals surface area contributed by atoms with Crippen LogP contribution in [0.15, 0.2) is 42.5 Å². The van der Waals surface area contributed by atoms with Crippen LogP contribution in [-0.4, -0.2) is 32.4 Å². The molecular weight excluding hydrogens is 320 g/mol. The van der Waals surface area contributed by atoms with E-state index in [4.69, 9.17) is 19.3 Å². The van der Waals surface area contributed by atoms with Crippen LogP contribution in [0.1, 0.15) is 18.9 Å². The van der Waals surface area contributed by atoms with Gasteiger partial charge in [0.15, 0.2) is 11.5 Å². The average molecular weight is 342 g/mol. The normalized spacial score (nSPS) is 11.1. The zero-order chi connectivity index (χ0) is 18.4. The first kappa shape index (κ1) is 18.4. The van der Waals surface area contributed by atoms with E-state index in [0.717, 1.165) is 22.3 Å². The van der Waals surface area contributed by atoms with E-state index in [2.05, 4.69) is 0 Å². The van der Waals surface area contributed by atoms with Gasteiger partial charge in [0.2, 0.25) is 5.75 Å². The summed E-state index contributed by atoms with van der Waals surface area (Å²) in [4.78, 5) is 10.9. The van der Waals surface area contributed by atoms with Crippen LogP contribution in [0.25, 0.3) is 16.7 Å². The fourth-order valence-electron chi connectivity index (χ4n) is 2.73. The van der Waals surface area contributed by atoms with Crippen molar-refractivity contribution < 1.29 is 24.1 Å². The molecule has 2 aromatic carbocycles. The standard InChI is InChI=1S/C20H22O5/c1-5-13(12-18(21)22)14-6-8-15(9-7-14)16-10-11-17(23-2)20(25-4)19(16)24-3/h6-12H,5H2,1-4H3,(H,21,22)/b13-12+. The minimum absolute atomic E-state index is 0.534. The summed E-state index contributed by atoms with van der Waals surface area (Å²) in [5.41, 5.74) is 3.46. The number of rotatable bonds is 7. The number of carbonyl (C=O) groups is 1. The Hall–Kier alpha value is -2.95. The molecule has 5 nitrogen and oxygen atoms in total.